The number of aliphatic hydroxyl groups is 1. The molecule has 44 heavy (non-hydrogen) atoms. The number of hydrogen-bond acceptors (Lipinski definition) is 8. The molecule has 1 N–H and O–H groups in total. The van der Waals surface area contributed by atoms with Crippen LogP contribution in [0.4, 0.5) is 5.13 Å². The molecule has 0 bridgehead atoms. The number of hydrogen-bond donors (Lipinski definition) is 1. The average Bonchev–Trinajstić information content (AvgIpc) is 3.65. The van der Waals surface area contributed by atoms with Crippen molar-refractivity contribution in [1.82, 2.24) is 4.98 Å². The van der Waals surface area contributed by atoms with E-state index < -0.39 is 17.7 Å². The van der Waals surface area contributed by atoms with Crippen LogP contribution < -0.4 is 19.1 Å². The molecule has 6 rings (SSSR count). The summed E-state index contributed by atoms with van der Waals surface area (Å²) in [6.45, 7) is 10.8. The molecule has 1 amide bonds. The molecule has 3 aromatic carbocycles. The van der Waals surface area contributed by atoms with E-state index in [0.29, 0.717) is 46.7 Å². The second-order valence-electron chi connectivity index (χ2n) is 12.0. The number of thiazole rings is 1. The maximum absolute atomic E-state index is 13.8. The lowest BCUT2D eigenvalue weighted by molar-refractivity contribution is -0.132. The Bertz CT molecular complexity index is 1820. The topological polar surface area (TPSA) is 98.2 Å². The van der Waals surface area contributed by atoms with Gasteiger partial charge in [0, 0.05) is 12.0 Å². The lowest BCUT2D eigenvalue weighted by atomic mass is 9.94. The summed E-state index contributed by atoms with van der Waals surface area (Å²) in [5.41, 5.74) is 4.80. The number of aryl methyl sites for hydroxylation is 2. The fourth-order valence-electron chi connectivity index (χ4n) is 5.91. The van der Waals surface area contributed by atoms with Crippen LogP contribution in [0.1, 0.15) is 61.1 Å². The summed E-state index contributed by atoms with van der Waals surface area (Å²) in [6, 6.07) is 13.8. The molecule has 228 valence electrons. The first-order chi connectivity index (χ1) is 21.0. The van der Waals surface area contributed by atoms with Gasteiger partial charge in [-0.2, -0.15) is 0 Å². The van der Waals surface area contributed by atoms with Crippen LogP contribution in [0.5, 0.6) is 17.2 Å². The van der Waals surface area contributed by atoms with E-state index in [0.717, 1.165) is 39.1 Å². The number of carbonyl (C=O) groups is 2. The van der Waals surface area contributed by atoms with Crippen LogP contribution in [0.25, 0.3) is 16.0 Å². The highest BCUT2D eigenvalue weighted by Gasteiger charge is 2.48. The number of nitrogens with zero attached hydrogens (tertiary/aromatic N) is 2. The molecule has 3 heterocycles. The van der Waals surface area contributed by atoms with Gasteiger partial charge in [-0.05, 0) is 91.8 Å². The molecule has 0 aliphatic carbocycles. The van der Waals surface area contributed by atoms with Crippen LogP contribution in [0.15, 0.2) is 54.1 Å². The molecule has 4 aromatic rings. The van der Waals surface area contributed by atoms with Gasteiger partial charge in [0.05, 0.1) is 35.5 Å². The van der Waals surface area contributed by atoms with Crippen molar-refractivity contribution in [3.8, 4) is 17.2 Å². The number of amides is 1. The molecule has 2 aliphatic heterocycles. The van der Waals surface area contributed by atoms with Crippen molar-refractivity contribution < 1.29 is 28.9 Å². The molecule has 1 aromatic heterocycles. The normalized spacial score (nSPS) is 19.1. The standard InChI is InChI=1S/C35H36N2O6S/c1-18(2)11-12-42-26-10-7-22(17-27(26)41-6)31-29(32(38)23-8-9-25-24(16-23)15-21(5)43-25)33(39)34(40)37(31)35-36-30-20(4)13-19(3)14-28(30)44-35/h7-10,13-14,16-18,21,31,38H,11-12,15H2,1-6H3/b32-29+/t21-,31+/m1/s1. The van der Waals surface area contributed by atoms with Crippen molar-refractivity contribution in [2.75, 3.05) is 18.6 Å². The van der Waals surface area contributed by atoms with E-state index in [4.69, 9.17) is 19.2 Å². The summed E-state index contributed by atoms with van der Waals surface area (Å²) in [6.07, 6.45) is 1.59. The zero-order valence-corrected chi connectivity index (χ0v) is 26.6. The van der Waals surface area contributed by atoms with Gasteiger partial charge < -0.3 is 19.3 Å². The van der Waals surface area contributed by atoms with Crippen molar-refractivity contribution >= 4 is 44.1 Å². The Kier molecular flexibility index (Phi) is 7.84. The summed E-state index contributed by atoms with van der Waals surface area (Å²) in [7, 11) is 1.55. The molecule has 0 saturated carbocycles. The minimum Gasteiger partial charge on any atom is -0.507 e. The van der Waals surface area contributed by atoms with Crippen molar-refractivity contribution in [2.45, 2.75) is 59.6 Å². The number of ketones is 1. The molecule has 0 radical (unpaired) electrons. The molecule has 0 spiro atoms. The summed E-state index contributed by atoms with van der Waals surface area (Å²) in [4.78, 5) is 33.9. The van der Waals surface area contributed by atoms with E-state index >= 15 is 0 Å². The Morgan fingerprint density at radius 3 is 2.66 bits per heavy atom. The molecular weight excluding hydrogens is 576 g/mol. The Morgan fingerprint density at radius 1 is 1.11 bits per heavy atom. The Hall–Kier alpha value is -4.37. The molecular formula is C35H36N2O6S. The number of anilines is 1. The highest BCUT2D eigenvalue weighted by atomic mass is 32.1. The second-order valence-corrected chi connectivity index (χ2v) is 13.0. The number of methoxy groups -OCH3 is 1. The van der Waals surface area contributed by atoms with E-state index in [2.05, 4.69) is 13.8 Å². The van der Waals surface area contributed by atoms with Crippen LogP contribution in [-0.4, -0.2) is 41.6 Å². The first-order valence-corrected chi connectivity index (χ1v) is 15.7. The Morgan fingerprint density at radius 2 is 1.91 bits per heavy atom. The summed E-state index contributed by atoms with van der Waals surface area (Å²) in [5.74, 6) is 0.492. The van der Waals surface area contributed by atoms with Crippen LogP contribution in [0, 0.1) is 19.8 Å². The number of aliphatic hydroxyl groups excluding tert-OH is 1. The predicted molar refractivity (Wildman–Crippen MR) is 172 cm³/mol. The van der Waals surface area contributed by atoms with E-state index in [1.165, 1.54) is 16.2 Å². The summed E-state index contributed by atoms with van der Waals surface area (Å²) >= 11 is 1.35. The monoisotopic (exact) mass is 612 g/mol. The fraction of sp³-hybridized carbons (Fsp3) is 0.343. The average molecular weight is 613 g/mol. The van der Waals surface area contributed by atoms with E-state index in [1.807, 2.05) is 45.0 Å². The van der Waals surface area contributed by atoms with Crippen LogP contribution in [0.3, 0.4) is 0 Å². The Balaban J connectivity index is 1.50. The van der Waals surface area contributed by atoms with E-state index in [9.17, 15) is 14.7 Å². The van der Waals surface area contributed by atoms with Crippen molar-refractivity contribution in [3.05, 3.63) is 81.9 Å². The zero-order valence-electron chi connectivity index (χ0n) is 25.8. The number of Topliss-reactive ketones (excluding diaryl/α,β-unsaturated/α-hetero) is 1. The van der Waals surface area contributed by atoms with Gasteiger partial charge in [-0.1, -0.05) is 37.3 Å². The largest absolute Gasteiger partial charge is 0.507 e. The maximum atomic E-state index is 13.8. The number of benzene rings is 3. The molecule has 1 saturated heterocycles. The highest BCUT2D eigenvalue weighted by Crippen LogP contribution is 2.46. The van der Waals surface area contributed by atoms with Crippen LogP contribution >= 0.6 is 11.3 Å². The van der Waals surface area contributed by atoms with E-state index in [-0.39, 0.29) is 17.4 Å². The van der Waals surface area contributed by atoms with Gasteiger partial charge >= 0.3 is 5.91 Å². The third-order valence-corrected chi connectivity index (χ3v) is 9.10. The van der Waals surface area contributed by atoms with Gasteiger partial charge in [0.1, 0.15) is 17.6 Å². The van der Waals surface area contributed by atoms with Gasteiger partial charge in [-0.15, -0.1) is 0 Å². The van der Waals surface area contributed by atoms with Gasteiger partial charge in [0.25, 0.3) is 5.78 Å². The minimum absolute atomic E-state index is 0.00963. The van der Waals surface area contributed by atoms with Gasteiger partial charge in [0.2, 0.25) is 0 Å². The third-order valence-electron chi connectivity index (χ3n) is 8.09. The molecule has 9 heteroatoms. The van der Waals surface area contributed by atoms with Crippen molar-refractivity contribution in [2.24, 2.45) is 5.92 Å². The lowest BCUT2D eigenvalue weighted by Gasteiger charge is -2.24. The van der Waals surface area contributed by atoms with Gasteiger partial charge in [0.15, 0.2) is 16.6 Å². The third kappa shape index (κ3) is 5.30. The number of carbonyl (C=O) groups excluding carboxylic acids is 2. The number of aromatic nitrogens is 1. The minimum atomic E-state index is -0.945. The van der Waals surface area contributed by atoms with E-state index in [1.54, 1.807) is 31.4 Å². The van der Waals surface area contributed by atoms with Crippen molar-refractivity contribution in [1.29, 1.82) is 0 Å². The molecule has 0 unspecified atom stereocenters. The maximum Gasteiger partial charge on any atom is 0.301 e. The Labute approximate surface area is 260 Å². The quantitative estimate of drug-likeness (QED) is 0.127. The first-order valence-electron chi connectivity index (χ1n) is 14.8. The molecule has 8 nitrogen and oxygen atoms in total. The highest BCUT2D eigenvalue weighted by molar-refractivity contribution is 7.22. The summed E-state index contributed by atoms with van der Waals surface area (Å²) < 4.78 is 18.5. The zero-order chi connectivity index (χ0) is 31.3. The SMILES string of the molecule is COc1cc([C@H]2/C(=C(\O)c3ccc4c(c3)C[C@@H](C)O4)C(=O)C(=O)N2c2nc3c(C)cc(C)cc3s2)ccc1OCCC(C)C. The predicted octanol–water partition coefficient (Wildman–Crippen LogP) is 7.30. The molecule has 2 atom stereocenters. The molecule has 1 fully saturated rings. The van der Waals surface area contributed by atoms with Gasteiger partial charge in [-0.3, -0.25) is 14.5 Å². The van der Waals surface area contributed by atoms with Crippen LogP contribution in [-0.2, 0) is 16.0 Å². The van der Waals surface area contributed by atoms with Crippen molar-refractivity contribution in [3.63, 3.8) is 0 Å². The smallest absolute Gasteiger partial charge is 0.301 e. The molecule has 2 aliphatic rings. The first kappa shape index (κ1) is 29.7. The van der Waals surface area contributed by atoms with Crippen LogP contribution in [0.2, 0.25) is 0 Å². The number of ether oxygens (including phenoxy) is 3. The fourth-order valence-corrected chi connectivity index (χ4v) is 7.08. The number of fused-ring (bicyclic) bond motifs is 2. The van der Waals surface area contributed by atoms with Gasteiger partial charge in [-0.25, -0.2) is 4.98 Å². The summed E-state index contributed by atoms with van der Waals surface area (Å²) in [5, 5.41) is 12.1. The second kappa shape index (κ2) is 11.6. The lowest BCUT2D eigenvalue weighted by Crippen LogP contribution is -2.29. The number of rotatable bonds is 8.